The maximum atomic E-state index is 12.5. The van der Waals surface area contributed by atoms with Crippen molar-refractivity contribution in [2.45, 2.75) is 6.18 Å². The molecule has 2 amide bonds. The van der Waals surface area contributed by atoms with Crippen LogP contribution in [0.3, 0.4) is 0 Å². The lowest BCUT2D eigenvalue weighted by molar-refractivity contribution is -0.137. The predicted octanol–water partition coefficient (Wildman–Crippen LogP) is 3.22. The second-order valence-corrected chi connectivity index (χ2v) is 6.07. The molecule has 0 aliphatic heterocycles. The van der Waals surface area contributed by atoms with Crippen molar-refractivity contribution < 1.29 is 27.5 Å². The minimum absolute atomic E-state index is 0.0353. The summed E-state index contributed by atoms with van der Waals surface area (Å²) in [6.45, 7) is -0.135. The Morgan fingerprint density at radius 3 is 1.71 bits per heavy atom. The topological polar surface area (TPSA) is 70.7 Å². The fourth-order valence-electron chi connectivity index (χ4n) is 2.36. The summed E-state index contributed by atoms with van der Waals surface area (Å²) in [5.74, 6) is -0.0930. The number of ether oxygens (including phenoxy) is 1. The van der Waals surface area contributed by atoms with E-state index in [-0.39, 0.29) is 24.7 Å². The van der Waals surface area contributed by atoms with Crippen molar-refractivity contribution >= 4 is 23.2 Å². The Morgan fingerprint density at radius 1 is 0.893 bits per heavy atom. The van der Waals surface area contributed by atoms with Crippen LogP contribution in [0.2, 0.25) is 0 Å². The zero-order valence-corrected chi connectivity index (χ0v) is 15.3. The fraction of sp³-hybridized carbons (Fsp3) is 0.263. The van der Waals surface area contributed by atoms with Gasteiger partial charge in [0.15, 0.2) is 0 Å². The van der Waals surface area contributed by atoms with Crippen LogP contribution in [0.15, 0.2) is 48.5 Å². The SMILES string of the molecule is COc1ccc(NC(=O)CN(C)CC(=O)Nc2ccc(C(F)(F)F)cc2)cc1. The highest BCUT2D eigenvalue weighted by Gasteiger charge is 2.30. The molecule has 0 saturated heterocycles. The van der Waals surface area contributed by atoms with Crippen molar-refractivity contribution in [1.82, 2.24) is 4.90 Å². The summed E-state index contributed by atoms with van der Waals surface area (Å²) in [5, 5.41) is 5.19. The number of hydrogen-bond acceptors (Lipinski definition) is 4. The molecule has 0 saturated carbocycles. The van der Waals surface area contributed by atoms with Crippen molar-refractivity contribution in [2.75, 3.05) is 37.9 Å². The largest absolute Gasteiger partial charge is 0.497 e. The number of halogens is 3. The summed E-state index contributed by atoms with van der Waals surface area (Å²) in [6.07, 6.45) is -4.43. The number of benzene rings is 2. The predicted molar refractivity (Wildman–Crippen MR) is 99.2 cm³/mol. The number of carbonyl (C=O) groups excluding carboxylic acids is 2. The third kappa shape index (κ3) is 6.58. The third-order valence-electron chi connectivity index (χ3n) is 3.70. The Labute approximate surface area is 160 Å². The van der Waals surface area contributed by atoms with Crippen molar-refractivity contribution in [3.8, 4) is 5.75 Å². The van der Waals surface area contributed by atoms with Crippen molar-refractivity contribution in [1.29, 1.82) is 0 Å². The summed E-state index contributed by atoms with van der Waals surface area (Å²) in [5.41, 5.74) is 0.0420. The maximum absolute atomic E-state index is 12.5. The van der Waals surface area contributed by atoms with E-state index in [0.29, 0.717) is 11.4 Å². The lowest BCUT2D eigenvalue weighted by Gasteiger charge is -2.16. The molecule has 2 aromatic rings. The molecule has 2 rings (SSSR count). The van der Waals surface area contributed by atoms with Crippen LogP contribution in [0, 0.1) is 0 Å². The lowest BCUT2D eigenvalue weighted by Crippen LogP contribution is -2.36. The molecule has 0 unspecified atom stereocenters. The van der Waals surface area contributed by atoms with Gasteiger partial charge in [0, 0.05) is 11.4 Å². The summed E-state index contributed by atoms with van der Waals surface area (Å²) in [4.78, 5) is 25.5. The van der Waals surface area contributed by atoms with Crippen LogP contribution in [-0.2, 0) is 15.8 Å². The molecule has 2 N–H and O–H groups in total. The minimum atomic E-state index is -4.43. The molecule has 0 spiro atoms. The van der Waals surface area contributed by atoms with Gasteiger partial charge in [-0.3, -0.25) is 14.5 Å². The highest BCUT2D eigenvalue weighted by atomic mass is 19.4. The van der Waals surface area contributed by atoms with Gasteiger partial charge in [-0.2, -0.15) is 13.2 Å². The molecule has 0 heterocycles. The van der Waals surface area contributed by atoms with E-state index in [0.717, 1.165) is 12.1 Å². The van der Waals surface area contributed by atoms with E-state index in [9.17, 15) is 22.8 Å². The molecule has 2 aromatic carbocycles. The van der Waals surface area contributed by atoms with Crippen LogP contribution < -0.4 is 15.4 Å². The van der Waals surface area contributed by atoms with Gasteiger partial charge >= 0.3 is 6.18 Å². The Bertz CT molecular complexity index is 806. The highest BCUT2D eigenvalue weighted by molar-refractivity contribution is 5.94. The summed E-state index contributed by atoms with van der Waals surface area (Å²) in [7, 11) is 3.12. The lowest BCUT2D eigenvalue weighted by atomic mass is 10.2. The second kappa shape index (κ2) is 9.23. The quantitative estimate of drug-likeness (QED) is 0.755. The van der Waals surface area contributed by atoms with E-state index in [4.69, 9.17) is 4.74 Å². The Kier molecular flexibility index (Phi) is 7.00. The van der Waals surface area contributed by atoms with Crippen LogP contribution >= 0.6 is 0 Å². The standard InChI is InChI=1S/C19H20F3N3O3/c1-25(12-18(27)24-15-7-9-16(28-2)10-8-15)11-17(26)23-14-5-3-13(4-6-14)19(20,21)22/h3-10H,11-12H2,1-2H3,(H,23,26)(H,24,27). The molecular weight excluding hydrogens is 375 g/mol. The normalized spacial score (nSPS) is 11.2. The molecule has 0 fully saturated rings. The van der Waals surface area contributed by atoms with Gasteiger partial charge in [-0.1, -0.05) is 0 Å². The first kappa shape index (κ1) is 21.2. The Hall–Kier alpha value is -3.07. The van der Waals surface area contributed by atoms with E-state index in [1.807, 2.05) is 0 Å². The molecule has 9 heteroatoms. The smallest absolute Gasteiger partial charge is 0.416 e. The fourth-order valence-corrected chi connectivity index (χ4v) is 2.36. The van der Waals surface area contributed by atoms with Gasteiger partial charge in [0.25, 0.3) is 0 Å². The number of hydrogen-bond donors (Lipinski definition) is 2. The third-order valence-corrected chi connectivity index (χ3v) is 3.70. The van der Waals surface area contributed by atoms with E-state index >= 15 is 0 Å². The van der Waals surface area contributed by atoms with E-state index in [1.165, 1.54) is 24.1 Å². The van der Waals surface area contributed by atoms with Crippen LogP contribution in [-0.4, -0.2) is 44.0 Å². The number of rotatable bonds is 7. The zero-order chi connectivity index (χ0) is 20.7. The van der Waals surface area contributed by atoms with Crippen LogP contribution in [0.25, 0.3) is 0 Å². The van der Waals surface area contributed by atoms with Crippen LogP contribution in [0.1, 0.15) is 5.56 Å². The molecule has 0 aromatic heterocycles. The molecule has 0 bridgehead atoms. The first-order valence-corrected chi connectivity index (χ1v) is 8.27. The number of carbonyl (C=O) groups is 2. The number of nitrogens with zero attached hydrogens (tertiary/aromatic N) is 1. The van der Waals surface area contributed by atoms with Gasteiger partial charge in [-0.15, -0.1) is 0 Å². The molecule has 28 heavy (non-hydrogen) atoms. The first-order chi connectivity index (χ1) is 13.2. The molecule has 150 valence electrons. The Balaban J connectivity index is 1.80. The maximum Gasteiger partial charge on any atom is 0.416 e. The van der Waals surface area contributed by atoms with Crippen LogP contribution in [0.5, 0.6) is 5.75 Å². The van der Waals surface area contributed by atoms with Gasteiger partial charge < -0.3 is 15.4 Å². The summed E-state index contributed by atoms with van der Waals surface area (Å²) >= 11 is 0. The van der Waals surface area contributed by atoms with Crippen molar-refractivity contribution in [3.63, 3.8) is 0 Å². The van der Waals surface area contributed by atoms with Crippen molar-refractivity contribution in [3.05, 3.63) is 54.1 Å². The molecule has 0 radical (unpaired) electrons. The summed E-state index contributed by atoms with van der Waals surface area (Å²) in [6, 6.07) is 10.9. The number of nitrogens with one attached hydrogen (secondary N) is 2. The molecular formula is C19H20F3N3O3. The molecule has 6 nitrogen and oxygen atoms in total. The summed E-state index contributed by atoms with van der Waals surface area (Å²) < 4.78 is 42.6. The van der Waals surface area contributed by atoms with Gasteiger partial charge in [-0.05, 0) is 55.6 Å². The molecule has 0 aliphatic rings. The van der Waals surface area contributed by atoms with Gasteiger partial charge in [0.2, 0.25) is 11.8 Å². The van der Waals surface area contributed by atoms with E-state index < -0.39 is 17.6 Å². The average molecular weight is 395 g/mol. The molecule has 0 atom stereocenters. The van der Waals surface area contributed by atoms with Crippen LogP contribution in [0.4, 0.5) is 24.5 Å². The van der Waals surface area contributed by atoms with Crippen molar-refractivity contribution in [2.24, 2.45) is 0 Å². The number of alkyl halides is 3. The number of methoxy groups -OCH3 is 1. The Morgan fingerprint density at radius 2 is 1.32 bits per heavy atom. The van der Waals surface area contributed by atoms with E-state index in [2.05, 4.69) is 10.6 Å². The minimum Gasteiger partial charge on any atom is -0.497 e. The number of likely N-dealkylation sites (N-methyl/N-ethyl adjacent to an activating group) is 1. The van der Waals surface area contributed by atoms with E-state index in [1.54, 1.807) is 31.3 Å². The molecule has 0 aliphatic carbocycles. The monoisotopic (exact) mass is 395 g/mol. The van der Waals surface area contributed by atoms with Gasteiger partial charge in [0.1, 0.15) is 5.75 Å². The number of amides is 2. The second-order valence-electron chi connectivity index (χ2n) is 6.07. The van der Waals surface area contributed by atoms with Gasteiger partial charge in [-0.25, -0.2) is 0 Å². The average Bonchev–Trinajstić information content (AvgIpc) is 2.61. The highest BCUT2D eigenvalue weighted by Crippen LogP contribution is 2.29. The zero-order valence-electron chi connectivity index (χ0n) is 15.3. The number of anilines is 2. The van der Waals surface area contributed by atoms with Gasteiger partial charge in [0.05, 0.1) is 25.8 Å². The first-order valence-electron chi connectivity index (χ1n) is 8.27.